The minimum absolute atomic E-state index is 0.219. The third-order valence-corrected chi connectivity index (χ3v) is 7.30. The quantitative estimate of drug-likeness (QED) is 0.346. The first kappa shape index (κ1) is 24.1. The summed E-state index contributed by atoms with van der Waals surface area (Å²) in [4.78, 5) is 11.0. The summed E-state index contributed by atoms with van der Waals surface area (Å²) in [6.07, 6.45) is 3.10. The lowest BCUT2D eigenvalue weighted by Gasteiger charge is -2.26. The van der Waals surface area contributed by atoms with Crippen LogP contribution >= 0.6 is 0 Å². The van der Waals surface area contributed by atoms with Crippen molar-refractivity contribution in [2.24, 2.45) is 10.2 Å². The third kappa shape index (κ3) is 5.62. The Labute approximate surface area is 208 Å². The van der Waals surface area contributed by atoms with Gasteiger partial charge in [0.1, 0.15) is 6.33 Å². The monoisotopic (exact) mass is 506 g/mol. The highest BCUT2D eigenvalue weighted by Crippen LogP contribution is 2.24. The molecule has 36 heavy (non-hydrogen) atoms. The zero-order chi connectivity index (χ0) is 24.8. The number of hydrogen-bond donors (Lipinski definition) is 1. The van der Waals surface area contributed by atoms with E-state index in [0.29, 0.717) is 43.2 Å². The fraction of sp³-hybridized carbons (Fsp3) is 0.292. The number of azo groups is 1. The third-order valence-electron chi connectivity index (χ3n) is 5.82. The van der Waals surface area contributed by atoms with Crippen LogP contribution in [0.1, 0.15) is 5.56 Å². The number of ether oxygens (including phenoxy) is 1. The van der Waals surface area contributed by atoms with Gasteiger partial charge < -0.3 is 4.74 Å². The summed E-state index contributed by atoms with van der Waals surface area (Å²) in [5.74, 6) is 0.422. The van der Waals surface area contributed by atoms with Gasteiger partial charge in [0.15, 0.2) is 11.5 Å². The Kier molecular flexibility index (Phi) is 7.37. The number of rotatable bonds is 9. The van der Waals surface area contributed by atoms with Crippen LogP contribution in [0.3, 0.4) is 0 Å². The molecule has 1 fully saturated rings. The molecule has 1 aliphatic rings. The molecule has 2 aromatic heterocycles. The first-order chi connectivity index (χ1) is 17.6. The molecule has 4 aromatic rings. The molecular formula is C24H26N8O3S. The molecule has 0 unspecified atom stereocenters. The zero-order valence-electron chi connectivity index (χ0n) is 19.6. The SMILES string of the molecule is O=S(=O)(NCCN1CCOCC1)c1ccc(CN=Nc2ncnc3c2cnn3-c2ccccc2)cc1. The normalized spacial score (nSPS) is 15.1. The molecule has 5 rings (SSSR count). The molecule has 11 nitrogen and oxygen atoms in total. The second-order valence-corrected chi connectivity index (χ2v) is 9.99. The first-order valence-electron chi connectivity index (χ1n) is 11.6. The second kappa shape index (κ2) is 11.0. The van der Waals surface area contributed by atoms with Crippen LogP contribution in [0.5, 0.6) is 0 Å². The van der Waals surface area contributed by atoms with Crippen molar-refractivity contribution in [3.63, 3.8) is 0 Å². The smallest absolute Gasteiger partial charge is 0.240 e. The molecule has 2 aromatic carbocycles. The highest BCUT2D eigenvalue weighted by Gasteiger charge is 2.15. The summed E-state index contributed by atoms with van der Waals surface area (Å²) in [5, 5.41) is 13.6. The Hall–Kier alpha value is -3.58. The molecule has 3 heterocycles. The average Bonchev–Trinajstić information content (AvgIpc) is 3.35. The van der Waals surface area contributed by atoms with Gasteiger partial charge in [0.25, 0.3) is 0 Å². The van der Waals surface area contributed by atoms with Crippen molar-refractivity contribution in [3.05, 3.63) is 72.7 Å². The summed E-state index contributed by atoms with van der Waals surface area (Å²) in [6.45, 7) is 4.30. The van der Waals surface area contributed by atoms with Crippen molar-refractivity contribution >= 4 is 26.9 Å². The maximum Gasteiger partial charge on any atom is 0.240 e. The van der Waals surface area contributed by atoms with Gasteiger partial charge in [0, 0.05) is 26.2 Å². The maximum absolute atomic E-state index is 12.6. The van der Waals surface area contributed by atoms with Crippen LogP contribution in [0, 0.1) is 0 Å². The Morgan fingerprint density at radius 3 is 2.56 bits per heavy atom. The van der Waals surface area contributed by atoms with Crippen molar-refractivity contribution in [1.29, 1.82) is 0 Å². The van der Waals surface area contributed by atoms with E-state index in [0.717, 1.165) is 24.3 Å². The summed E-state index contributed by atoms with van der Waals surface area (Å²) in [7, 11) is -3.57. The van der Waals surface area contributed by atoms with Crippen LogP contribution in [0.15, 0.2) is 82.2 Å². The van der Waals surface area contributed by atoms with Crippen molar-refractivity contribution < 1.29 is 13.2 Å². The standard InChI is InChI=1S/C24H26N8O3S/c33-36(34,29-10-11-31-12-14-35-15-13-31)21-8-6-19(7-9-21)16-27-30-23-22-17-28-32(24(22)26-18-25-23)20-4-2-1-3-5-20/h1-9,17-18,29H,10-16H2. The minimum atomic E-state index is -3.57. The van der Waals surface area contributed by atoms with Gasteiger partial charge in [-0.2, -0.15) is 10.2 Å². The molecule has 0 bridgehead atoms. The van der Waals surface area contributed by atoms with E-state index < -0.39 is 10.0 Å². The van der Waals surface area contributed by atoms with E-state index in [1.165, 1.54) is 6.33 Å². The molecule has 1 N–H and O–H groups in total. The van der Waals surface area contributed by atoms with Gasteiger partial charge in [-0.05, 0) is 29.8 Å². The predicted octanol–water partition coefficient (Wildman–Crippen LogP) is 2.71. The molecule has 12 heteroatoms. The molecule has 186 valence electrons. The Balaban J connectivity index is 1.21. The topological polar surface area (TPSA) is 127 Å². The van der Waals surface area contributed by atoms with E-state index in [-0.39, 0.29) is 11.4 Å². The largest absolute Gasteiger partial charge is 0.379 e. The van der Waals surface area contributed by atoms with Crippen LogP contribution < -0.4 is 4.72 Å². The van der Waals surface area contributed by atoms with Crippen LogP contribution in [0.2, 0.25) is 0 Å². The summed E-state index contributed by atoms with van der Waals surface area (Å²) >= 11 is 0. The number of para-hydroxylation sites is 1. The van der Waals surface area contributed by atoms with Crippen molar-refractivity contribution in [2.45, 2.75) is 11.4 Å². The Morgan fingerprint density at radius 1 is 1.00 bits per heavy atom. The molecular weight excluding hydrogens is 480 g/mol. The Bertz CT molecular complexity index is 1430. The van der Waals surface area contributed by atoms with Gasteiger partial charge in [-0.15, -0.1) is 5.11 Å². The number of sulfonamides is 1. The fourth-order valence-corrected chi connectivity index (χ4v) is 4.89. The maximum atomic E-state index is 12.6. The molecule has 0 radical (unpaired) electrons. The van der Waals surface area contributed by atoms with Crippen LogP contribution in [-0.2, 0) is 21.3 Å². The van der Waals surface area contributed by atoms with Crippen LogP contribution in [0.4, 0.5) is 5.82 Å². The second-order valence-electron chi connectivity index (χ2n) is 8.22. The molecule has 0 amide bonds. The molecule has 1 aliphatic heterocycles. The lowest BCUT2D eigenvalue weighted by Crippen LogP contribution is -2.41. The number of morpholine rings is 1. The first-order valence-corrected chi connectivity index (χ1v) is 13.1. The summed E-state index contributed by atoms with van der Waals surface area (Å²) < 4.78 is 34.9. The fourth-order valence-electron chi connectivity index (χ4n) is 3.87. The summed E-state index contributed by atoms with van der Waals surface area (Å²) in [5.41, 5.74) is 2.36. The highest BCUT2D eigenvalue weighted by atomic mass is 32.2. The van der Waals surface area contributed by atoms with Gasteiger partial charge >= 0.3 is 0 Å². The van der Waals surface area contributed by atoms with E-state index in [4.69, 9.17) is 4.74 Å². The van der Waals surface area contributed by atoms with Crippen molar-refractivity contribution in [2.75, 3.05) is 39.4 Å². The highest BCUT2D eigenvalue weighted by molar-refractivity contribution is 7.89. The zero-order valence-corrected chi connectivity index (χ0v) is 20.4. The van der Waals surface area contributed by atoms with Gasteiger partial charge in [0.05, 0.1) is 41.9 Å². The number of fused-ring (bicyclic) bond motifs is 1. The van der Waals surface area contributed by atoms with E-state index >= 15 is 0 Å². The number of aromatic nitrogens is 4. The lowest BCUT2D eigenvalue weighted by molar-refractivity contribution is 0.0390. The minimum Gasteiger partial charge on any atom is -0.379 e. The van der Waals surface area contributed by atoms with Gasteiger partial charge in [-0.3, -0.25) is 4.90 Å². The van der Waals surface area contributed by atoms with Crippen LogP contribution in [0.25, 0.3) is 16.7 Å². The number of nitrogens with zero attached hydrogens (tertiary/aromatic N) is 7. The number of hydrogen-bond acceptors (Lipinski definition) is 9. The Morgan fingerprint density at radius 2 is 1.78 bits per heavy atom. The molecule has 0 aliphatic carbocycles. The lowest BCUT2D eigenvalue weighted by atomic mass is 10.2. The molecule has 0 spiro atoms. The molecule has 1 saturated heterocycles. The van der Waals surface area contributed by atoms with Crippen molar-refractivity contribution in [1.82, 2.24) is 29.4 Å². The molecule has 0 saturated carbocycles. The van der Waals surface area contributed by atoms with Gasteiger partial charge in [0.2, 0.25) is 10.0 Å². The number of benzene rings is 2. The van der Waals surface area contributed by atoms with E-state index in [9.17, 15) is 8.42 Å². The molecule has 0 atom stereocenters. The van der Waals surface area contributed by atoms with Gasteiger partial charge in [-0.25, -0.2) is 27.8 Å². The number of nitrogens with one attached hydrogen (secondary N) is 1. The van der Waals surface area contributed by atoms with E-state index in [2.05, 4.69) is 34.9 Å². The van der Waals surface area contributed by atoms with E-state index in [1.54, 1.807) is 35.1 Å². The summed E-state index contributed by atoms with van der Waals surface area (Å²) in [6, 6.07) is 16.3. The van der Waals surface area contributed by atoms with Crippen molar-refractivity contribution in [3.8, 4) is 5.69 Å². The van der Waals surface area contributed by atoms with Crippen LogP contribution in [-0.4, -0.2) is 72.5 Å². The predicted molar refractivity (Wildman–Crippen MR) is 134 cm³/mol. The van der Waals surface area contributed by atoms with E-state index in [1.807, 2.05) is 30.3 Å². The average molecular weight is 507 g/mol. The van der Waals surface area contributed by atoms with Gasteiger partial charge in [-0.1, -0.05) is 30.3 Å².